The number of sulfonamides is 1. The van der Waals surface area contributed by atoms with Crippen molar-refractivity contribution in [3.63, 3.8) is 0 Å². The van der Waals surface area contributed by atoms with Crippen molar-refractivity contribution in [1.82, 2.24) is 0 Å². The van der Waals surface area contributed by atoms with Crippen LogP contribution in [0.25, 0.3) is 0 Å². The summed E-state index contributed by atoms with van der Waals surface area (Å²) in [5.74, 6) is 0. The van der Waals surface area contributed by atoms with Crippen molar-refractivity contribution >= 4 is 21.4 Å². The zero-order chi connectivity index (χ0) is 14.0. The number of nitrogens with zero attached hydrogens (tertiary/aromatic N) is 1. The highest BCUT2D eigenvalue weighted by molar-refractivity contribution is 7.93. The second-order valence-corrected chi connectivity index (χ2v) is 6.23. The summed E-state index contributed by atoms with van der Waals surface area (Å²) in [7, 11) is -2.12. The Kier molecular flexibility index (Phi) is 3.48. The highest BCUT2D eigenvalue weighted by atomic mass is 32.2. The SMILES string of the molecule is Cc1cccc(S(=O)(=O)N(C)c2ccccc2)c1N. The summed E-state index contributed by atoms with van der Waals surface area (Å²) in [6.07, 6.45) is 0. The Balaban J connectivity index is 2.52. The molecule has 19 heavy (non-hydrogen) atoms. The molecule has 2 rings (SSSR count). The minimum absolute atomic E-state index is 0.138. The first-order valence-electron chi connectivity index (χ1n) is 5.83. The van der Waals surface area contributed by atoms with Crippen LogP contribution in [0, 0.1) is 6.92 Å². The molecule has 0 aliphatic heterocycles. The van der Waals surface area contributed by atoms with Gasteiger partial charge >= 0.3 is 0 Å². The molecule has 4 nitrogen and oxygen atoms in total. The van der Waals surface area contributed by atoms with E-state index in [0.717, 1.165) is 5.56 Å². The molecule has 2 aromatic carbocycles. The van der Waals surface area contributed by atoms with E-state index in [1.54, 1.807) is 43.3 Å². The van der Waals surface area contributed by atoms with Gasteiger partial charge in [0.05, 0.1) is 11.4 Å². The number of nitrogen functional groups attached to an aromatic ring is 1. The Bertz CT molecular complexity index is 682. The van der Waals surface area contributed by atoms with Crippen molar-refractivity contribution in [1.29, 1.82) is 0 Å². The van der Waals surface area contributed by atoms with Crippen molar-refractivity contribution in [3.05, 3.63) is 54.1 Å². The van der Waals surface area contributed by atoms with E-state index in [1.165, 1.54) is 17.4 Å². The van der Waals surface area contributed by atoms with Gasteiger partial charge in [-0.05, 0) is 30.7 Å². The van der Waals surface area contributed by atoms with Gasteiger partial charge in [-0.25, -0.2) is 8.42 Å². The lowest BCUT2D eigenvalue weighted by Gasteiger charge is -2.20. The lowest BCUT2D eigenvalue weighted by atomic mass is 10.2. The van der Waals surface area contributed by atoms with Gasteiger partial charge in [-0.1, -0.05) is 30.3 Å². The summed E-state index contributed by atoms with van der Waals surface area (Å²) >= 11 is 0. The molecule has 2 N–H and O–H groups in total. The van der Waals surface area contributed by atoms with Gasteiger partial charge in [0.1, 0.15) is 4.90 Å². The number of rotatable bonds is 3. The molecule has 0 atom stereocenters. The summed E-state index contributed by atoms with van der Waals surface area (Å²) in [5.41, 5.74) is 7.53. The van der Waals surface area contributed by atoms with Crippen LogP contribution in [0.5, 0.6) is 0 Å². The zero-order valence-electron chi connectivity index (χ0n) is 10.9. The monoisotopic (exact) mass is 276 g/mol. The molecule has 0 heterocycles. The third-order valence-electron chi connectivity index (χ3n) is 3.04. The summed E-state index contributed by atoms with van der Waals surface area (Å²) < 4.78 is 26.3. The summed E-state index contributed by atoms with van der Waals surface area (Å²) in [6, 6.07) is 13.9. The molecule has 5 heteroatoms. The Morgan fingerprint density at radius 1 is 1.00 bits per heavy atom. The molecule has 0 radical (unpaired) electrons. The van der Waals surface area contributed by atoms with E-state index in [-0.39, 0.29) is 4.90 Å². The molecule has 0 unspecified atom stereocenters. The van der Waals surface area contributed by atoms with Crippen LogP contribution in [-0.4, -0.2) is 15.5 Å². The second kappa shape index (κ2) is 4.93. The second-order valence-electron chi connectivity index (χ2n) is 4.29. The minimum Gasteiger partial charge on any atom is -0.397 e. The van der Waals surface area contributed by atoms with Crippen LogP contribution in [-0.2, 0) is 10.0 Å². The molecule has 0 aliphatic rings. The number of benzene rings is 2. The van der Waals surface area contributed by atoms with Crippen LogP contribution in [0.3, 0.4) is 0 Å². The Morgan fingerprint density at radius 3 is 2.26 bits per heavy atom. The van der Waals surface area contributed by atoms with Crippen LogP contribution in [0.4, 0.5) is 11.4 Å². The number of anilines is 2. The van der Waals surface area contributed by atoms with Gasteiger partial charge in [-0.15, -0.1) is 0 Å². The maximum absolute atomic E-state index is 12.6. The normalized spacial score (nSPS) is 11.3. The van der Waals surface area contributed by atoms with Gasteiger partial charge in [-0.3, -0.25) is 4.31 Å². The summed E-state index contributed by atoms with van der Waals surface area (Å²) in [6.45, 7) is 1.79. The summed E-state index contributed by atoms with van der Waals surface area (Å²) in [5, 5.41) is 0. The zero-order valence-corrected chi connectivity index (χ0v) is 11.7. The molecule has 0 amide bonds. The highest BCUT2D eigenvalue weighted by Crippen LogP contribution is 2.27. The van der Waals surface area contributed by atoms with Gasteiger partial charge < -0.3 is 5.73 Å². The molecule has 0 fully saturated rings. The number of hydrogen-bond acceptors (Lipinski definition) is 3. The lowest BCUT2D eigenvalue weighted by Crippen LogP contribution is -2.27. The molecular weight excluding hydrogens is 260 g/mol. The standard InChI is InChI=1S/C14H16N2O2S/c1-11-7-6-10-13(14(11)15)19(17,18)16(2)12-8-4-3-5-9-12/h3-10H,15H2,1-2H3. The lowest BCUT2D eigenvalue weighted by molar-refractivity contribution is 0.594. The van der Waals surface area contributed by atoms with Crippen LogP contribution < -0.4 is 10.0 Å². The van der Waals surface area contributed by atoms with E-state index in [0.29, 0.717) is 11.4 Å². The van der Waals surface area contributed by atoms with Crippen molar-refractivity contribution in [2.45, 2.75) is 11.8 Å². The number of nitrogens with two attached hydrogens (primary N) is 1. The average Bonchev–Trinajstić information content (AvgIpc) is 2.41. The van der Waals surface area contributed by atoms with Gasteiger partial charge in [0.2, 0.25) is 0 Å². The third kappa shape index (κ3) is 2.42. The average molecular weight is 276 g/mol. The fraction of sp³-hybridized carbons (Fsp3) is 0.143. The van der Waals surface area contributed by atoms with Crippen molar-refractivity contribution < 1.29 is 8.42 Å². The van der Waals surface area contributed by atoms with E-state index in [2.05, 4.69) is 0 Å². The molecule has 0 saturated heterocycles. The first-order chi connectivity index (χ1) is 8.94. The van der Waals surface area contributed by atoms with Crippen molar-refractivity contribution in [2.75, 3.05) is 17.1 Å². The fourth-order valence-electron chi connectivity index (χ4n) is 1.80. The molecule has 0 saturated carbocycles. The smallest absolute Gasteiger partial charge is 0.266 e. The molecular formula is C14H16N2O2S. The Hall–Kier alpha value is -2.01. The van der Waals surface area contributed by atoms with E-state index in [4.69, 9.17) is 5.73 Å². The van der Waals surface area contributed by atoms with E-state index in [1.807, 2.05) is 6.07 Å². The molecule has 100 valence electrons. The fourth-order valence-corrected chi connectivity index (χ4v) is 3.19. The largest absolute Gasteiger partial charge is 0.397 e. The van der Waals surface area contributed by atoms with E-state index >= 15 is 0 Å². The van der Waals surface area contributed by atoms with E-state index in [9.17, 15) is 8.42 Å². The van der Waals surface area contributed by atoms with Crippen LogP contribution >= 0.6 is 0 Å². The van der Waals surface area contributed by atoms with Crippen molar-refractivity contribution in [2.24, 2.45) is 0 Å². The topological polar surface area (TPSA) is 63.4 Å². The Morgan fingerprint density at radius 2 is 1.63 bits per heavy atom. The third-order valence-corrected chi connectivity index (χ3v) is 4.89. The maximum Gasteiger partial charge on any atom is 0.266 e. The predicted octanol–water partition coefficient (Wildman–Crippen LogP) is 2.40. The van der Waals surface area contributed by atoms with Gasteiger partial charge in [-0.2, -0.15) is 0 Å². The molecule has 0 aliphatic carbocycles. The van der Waals surface area contributed by atoms with Crippen LogP contribution in [0.15, 0.2) is 53.4 Å². The molecule has 0 bridgehead atoms. The van der Waals surface area contributed by atoms with Gasteiger partial charge in [0.25, 0.3) is 10.0 Å². The van der Waals surface area contributed by atoms with Gasteiger partial charge in [0, 0.05) is 7.05 Å². The molecule has 0 aromatic heterocycles. The molecule has 2 aromatic rings. The van der Waals surface area contributed by atoms with Crippen LogP contribution in [0.2, 0.25) is 0 Å². The number of para-hydroxylation sites is 2. The van der Waals surface area contributed by atoms with E-state index < -0.39 is 10.0 Å². The highest BCUT2D eigenvalue weighted by Gasteiger charge is 2.23. The van der Waals surface area contributed by atoms with Crippen molar-refractivity contribution in [3.8, 4) is 0 Å². The number of aryl methyl sites for hydroxylation is 1. The Labute approximate surface area is 113 Å². The quantitative estimate of drug-likeness (QED) is 0.876. The summed E-state index contributed by atoms with van der Waals surface area (Å²) in [4.78, 5) is 0.138. The maximum atomic E-state index is 12.6. The number of hydrogen-bond donors (Lipinski definition) is 1. The molecule has 0 spiro atoms. The first kappa shape index (κ1) is 13.4. The van der Waals surface area contributed by atoms with Gasteiger partial charge in [0.15, 0.2) is 0 Å². The van der Waals surface area contributed by atoms with Crippen LogP contribution in [0.1, 0.15) is 5.56 Å². The first-order valence-corrected chi connectivity index (χ1v) is 7.27. The minimum atomic E-state index is -3.64. The predicted molar refractivity (Wildman–Crippen MR) is 77.6 cm³/mol.